The molecule has 0 aliphatic carbocycles. The second-order valence-electron chi connectivity index (χ2n) is 6.22. The molecule has 1 aromatic carbocycles. The largest absolute Gasteiger partial charge is 0.421 e. The maximum Gasteiger partial charge on any atom is 0.421 e. The van der Waals surface area contributed by atoms with E-state index in [-0.39, 0.29) is 28.7 Å². The summed E-state index contributed by atoms with van der Waals surface area (Å²) in [6.45, 7) is 1.28. The molecule has 160 valence electrons. The number of nitrogens with one attached hydrogen (secondary N) is 3. The zero-order valence-electron chi connectivity index (χ0n) is 16.0. The molecule has 0 unspecified atom stereocenters. The summed E-state index contributed by atoms with van der Waals surface area (Å²) in [4.78, 5) is 34.2. The van der Waals surface area contributed by atoms with Crippen molar-refractivity contribution < 1.29 is 22.8 Å². The average Bonchev–Trinajstić information content (AvgIpc) is 2.68. The molecule has 9 nitrogen and oxygen atoms in total. The maximum atomic E-state index is 13.5. The first-order valence-electron chi connectivity index (χ1n) is 8.74. The molecule has 2 amide bonds. The van der Waals surface area contributed by atoms with Crippen LogP contribution in [0.2, 0.25) is 0 Å². The summed E-state index contributed by atoms with van der Waals surface area (Å²) in [6, 6.07) is 8.90. The van der Waals surface area contributed by atoms with Gasteiger partial charge in [0, 0.05) is 24.9 Å². The predicted octanol–water partition coefficient (Wildman–Crippen LogP) is 3.43. The Balaban J connectivity index is 1.98. The van der Waals surface area contributed by atoms with Crippen molar-refractivity contribution in [2.75, 3.05) is 16.0 Å². The maximum absolute atomic E-state index is 13.5. The molecule has 0 saturated heterocycles. The molecule has 0 radical (unpaired) electrons. The van der Waals surface area contributed by atoms with E-state index in [9.17, 15) is 22.8 Å². The van der Waals surface area contributed by atoms with E-state index in [4.69, 9.17) is 5.73 Å². The summed E-state index contributed by atoms with van der Waals surface area (Å²) < 4.78 is 40.5. The third-order valence-corrected chi connectivity index (χ3v) is 3.87. The Hall–Kier alpha value is -4.22. The number of nitrogens with two attached hydrogens (primary N) is 1. The van der Waals surface area contributed by atoms with Gasteiger partial charge in [0.15, 0.2) is 0 Å². The van der Waals surface area contributed by atoms with Crippen molar-refractivity contribution in [1.29, 1.82) is 0 Å². The van der Waals surface area contributed by atoms with E-state index in [1.54, 1.807) is 12.1 Å². The second-order valence-corrected chi connectivity index (χ2v) is 6.22. The van der Waals surface area contributed by atoms with Crippen LogP contribution in [0.5, 0.6) is 0 Å². The molecule has 0 atom stereocenters. The molecule has 31 heavy (non-hydrogen) atoms. The standard InChI is InChI=1S/C19H16F3N7O2/c1-10(30)26-13-4-2-3-5-14(13)27-17-12(19(20,21)22)9-25-18(29-17)28-15-8-11(16(23)31)6-7-24-15/h2-9H,1H3,(H2,23,31)(H,26,30)(H2,24,25,27,28,29). The highest BCUT2D eigenvalue weighted by Crippen LogP contribution is 2.36. The minimum absolute atomic E-state index is 0.112. The lowest BCUT2D eigenvalue weighted by Gasteiger charge is -2.16. The number of primary amides is 1. The zero-order chi connectivity index (χ0) is 22.6. The second kappa shape index (κ2) is 8.65. The van der Waals surface area contributed by atoms with Crippen LogP contribution in [0.3, 0.4) is 0 Å². The van der Waals surface area contributed by atoms with Crippen LogP contribution in [0.15, 0.2) is 48.8 Å². The van der Waals surface area contributed by atoms with Crippen LogP contribution in [0, 0.1) is 0 Å². The van der Waals surface area contributed by atoms with Crippen LogP contribution >= 0.6 is 0 Å². The number of aromatic nitrogens is 3. The molecule has 3 rings (SSSR count). The minimum atomic E-state index is -4.74. The van der Waals surface area contributed by atoms with Crippen LogP contribution in [-0.2, 0) is 11.0 Å². The number of rotatable bonds is 6. The number of alkyl halides is 3. The number of hydrogen-bond acceptors (Lipinski definition) is 7. The van der Waals surface area contributed by atoms with E-state index < -0.39 is 29.4 Å². The van der Waals surface area contributed by atoms with Crippen molar-refractivity contribution in [3.8, 4) is 0 Å². The van der Waals surface area contributed by atoms with Gasteiger partial charge in [0.05, 0.1) is 11.4 Å². The van der Waals surface area contributed by atoms with E-state index in [0.717, 1.165) is 0 Å². The number of carbonyl (C=O) groups excluding carboxylic acids is 2. The van der Waals surface area contributed by atoms with Gasteiger partial charge >= 0.3 is 6.18 Å². The number of amides is 2. The van der Waals surface area contributed by atoms with E-state index in [1.165, 1.54) is 37.4 Å². The number of pyridine rings is 1. The predicted molar refractivity (Wildman–Crippen MR) is 107 cm³/mol. The van der Waals surface area contributed by atoms with Crippen molar-refractivity contribution in [3.63, 3.8) is 0 Å². The first-order chi connectivity index (χ1) is 14.6. The fourth-order valence-electron chi connectivity index (χ4n) is 2.53. The van der Waals surface area contributed by atoms with E-state index in [1.807, 2.05) is 0 Å². The number of halogens is 3. The molecule has 0 bridgehead atoms. The van der Waals surface area contributed by atoms with Gasteiger partial charge in [0.25, 0.3) is 0 Å². The van der Waals surface area contributed by atoms with Gasteiger partial charge in [0.2, 0.25) is 17.8 Å². The number of anilines is 5. The number of carbonyl (C=O) groups is 2. The molecule has 3 aromatic rings. The molecule has 0 spiro atoms. The van der Waals surface area contributed by atoms with Gasteiger partial charge in [0.1, 0.15) is 17.2 Å². The van der Waals surface area contributed by atoms with Gasteiger partial charge in [-0.05, 0) is 24.3 Å². The minimum Gasteiger partial charge on any atom is -0.366 e. The van der Waals surface area contributed by atoms with E-state index >= 15 is 0 Å². The quantitative estimate of drug-likeness (QED) is 0.470. The van der Waals surface area contributed by atoms with Crippen LogP contribution in [0.1, 0.15) is 22.8 Å². The van der Waals surface area contributed by atoms with Crippen molar-refractivity contribution in [1.82, 2.24) is 15.0 Å². The summed E-state index contributed by atoms with van der Waals surface area (Å²) in [6.07, 6.45) is -2.83. The molecular formula is C19H16F3N7O2. The van der Waals surface area contributed by atoms with Crippen LogP contribution in [0.4, 0.5) is 42.1 Å². The van der Waals surface area contributed by atoms with E-state index in [0.29, 0.717) is 6.20 Å². The molecule has 2 heterocycles. The molecule has 0 aliphatic rings. The highest BCUT2D eigenvalue weighted by molar-refractivity contribution is 5.94. The smallest absolute Gasteiger partial charge is 0.366 e. The molecular weight excluding hydrogens is 415 g/mol. The lowest BCUT2D eigenvalue weighted by atomic mass is 10.2. The third kappa shape index (κ3) is 5.44. The molecule has 5 N–H and O–H groups in total. The highest BCUT2D eigenvalue weighted by atomic mass is 19.4. The Morgan fingerprint density at radius 1 is 1.03 bits per heavy atom. The third-order valence-electron chi connectivity index (χ3n) is 3.87. The number of para-hydroxylation sites is 2. The summed E-state index contributed by atoms with van der Waals surface area (Å²) >= 11 is 0. The monoisotopic (exact) mass is 431 g/mol. The van der Waals surface area contributed by atoms with Crippen molar-refractivity contribution in [2.24, 2.45) is 5.73 Å². The van der Waals surface area contributed by atoms with Crippen LogP contribution in [-0.4, -0.2) is 26.8 Å². The molecule has 0 fully saturated rings. The molecule has 0 aliphatic heterocycles. The Bertz CT molecular complexity index is 1140. The fraction of sp³-hybridized carbons (Fsp3) is 0.105. The van der Waals surface area contributed by atoms with E-state index in [2.05, 4.69) is 30.9 Å². The van der Waals surface area contributed by atoms with Gasteiger partial charge in [-0.1, -0.05) is 12.1 Å². The van der Waals surface area contributed by atoms with Crippen molar-refractivity contribution in [3.05, 3.63) is 59.9 Å². The van der Waals surface area contributed by atoms with Gasteiger partial charge in [-0.3, -0.25) is 9.59 Å². The number of nitrogens with zero attached hydrogens (tertiary/aromatic N) is 3. The summed E-state index contributed by atoms with van der Waals surface area (Å²) in [5, 5.41) is 7.75. The Morgan fingerprint density at radius 2 is 1.74 bits per heavy atom. The molecule has 2 aromatic heterocycles. The Labute approximate surface area is 173 Å². The first-order valence-corrected chi connectivity index (χ1v) is 8.74. The zero-order valence-corrected chi connectivity index (χ0v) is 16.0. The highest BCUT2D eigenvalue weighted by Gasteiger charge is 2.35. The lowest BCUT2D eigenvalue weighted by Crippen LogP contribution is -2.14. The average molecular weight is 431 g/mol. The van der Waals surface area contributed by atoms with Gasteiger partial charge in [-0.15, -0.1) is 0 Å². The first kappa shape index (κ1) is 21.5. The molecule has 12 heteroatoms. The summed E-state index contributed by atoms with van der Waals surface area (Å²) in [5.41, 5.74) is 4.71. The van der Waals surface area contributed by atoms with Gasteiger partial charge in [-0.2, -0.15) is 18.2 Å². The van der Waals surface area contributed by atoms with Crippen LogP contribution < -0.4 is 21.7 Å². The van der Waals surface area contributed by atoms with Gasteiger partial charge in [-0.25, -0.2) is 9.97 Å². The lowest BCUT2D eigenvalue weighted by molar-refractivity contribution is -0.137. The fourth-order valence-corrected chi connectivity index (χ4v) is 2.53. The van der Waals surface area contributed by atoms with Gasteiger partial charge < -0.3 is 21.7 Å². The SMILES string of the molecule is CC(=O)Nc1ccccc1Nc1nc(Nc2cc(C(N)=O)ccn2)ncc1C(F)(F)F. The summed E-state index contributed by atoms with van der Waals surface area (Å²) in [5.74, 6) is -1.73. The van der Waals surface area contributed by atoms with Crippen molar-refractivity contribution >= 4 is 40.8 Å². The van der Waals surface area contributed by atoms with Crippen LogP contribution in [0.25, 0.3) is 0 Å². The number of hydrogen-bond donors (Lipinski definition) is 4. The normalized spacial score (nSPS) is 11.0. The Morgan fingerprint density at radius 3 is 2.39 bits per heavy atom. The Kier molecular flexibility index (Phi) is 6.00. The number of benzene rings is 1. The molecule has 0 saturated carbocycles. The topological polar surface area (TPSA) is 135 Å². The summed E-state index contributed by atoms with van der Waals surface area (Å²) in [7, 11) is 0. The van der Waals surface area contributed by atoms with Crippen molar-refractivity contribution in [2.45, 2.75) is 13.1 Å².